The number of aromatic nitrogens is 1. The number of methoxy groups -OCH3 is 1. The summed E-state index contributed by atoms with van der Waals surface area (Å²) in [5.74, 6) is 0.410. The number of thiophene rings is 1. The summed E-state index contributed by atoms with van der Waals surface area (Å²) < 4.78 is 19.1. The standard InChI is InChI=1S/C21H23FN2O2S/c1-12-14(16-11-13(22)7-8-17(16)24-12)9-10-23-21(25)20-19(26-2)15-5-3-4-6-18(15)27-20/h7-8,11,24H,3-6,9-10H2,1-2H3,(H,23,25). The van der Waals surface area contributed by atoms with E-state index < -0.39 is 0 Å². The maximum atomic E-state index is 13.6. The Balaban J connectivity index is 1.49. The smallest absolute Gasteiger partial charge is 0.265 e. The summed E-state index contributed by atoms with van der Waals surface area (Å²) in [5, 5.41) is 3.89. The largest absolute Gasteiger partial charge is 0.495 e. The van der Waals surface area contributed by atoms with E-state index >= 15 is 0 Å². The average Bonchev–Trinajstić information content (AvgIpc) is 3.19. The fourth-order valence-electron chi connectivity index (χ4n) is 3.96. The first kappa shape index (κ1) is 18.0. The normalized spacial score (nSPS) is 13.6. The number of nitrogens with one attached hydrogen (secondary N) is 2. The number of amides is 1. The summed E-state index contributed by atoms with van der Waals surface area (Å²) in [6.45, 7) is 2.47. The van der Waals surface area contributed by atoms with Crippen molar-refractivity contribution >= 4 is 28.1 Å². The molecule has 2 heterocycles. The van der Waals surface area contributed by atoms with Crippen molar-refractivity contribution in [3.05, 3.63) is 50.6 Å². The molecule has 0 saturated heterocycles. The molecule has 0 saturated carbocycles. The van der Waals surface area contributed by atoms with Crippen LogP contribution in [0.1, 0.15) is 44.2 Å². The minimum atomic E-state index is -0.249. The Morgan fingerprint density at radius 2 is 2.15 bits per heavy atom. The van der Waals surface area contributed by atoms with Crippen LogP contribution in [0.25, 0.3) is 10.9 Å². The van der Waals surface area contributed by atoms with Gasteiger partial charge >= 0.3 is 0 Å². The molecule has 0 radical (unpaired) electrons. The van der Waals surface area contributed by atoms with Crippen molar-refractivity contribution in [3.63, 3.8) is 0 Å². The second kappa shape index (κ2) is 7.35. The molecule has 2 N–H and O–H groups in total. The van der Waals surface area contributed by atoms with E-state index in [1.165, 1.54) is 22.9 Å². The third-order valence-electron chi connectivity index (χ3n) is 5.28. The summed E-state index contributed by atoms with van der Waals surface area (Å²) in [5.41, 5.74) is 4.18. The van der Waals surface area contributed by atoms with Gasteiger partial charge in [-0.2, -0.15) is 0 Å². The first-order valence-electron chi connectivity index (χ1n) is 9.32. The second-order valence-electron chi connectivity index (χ2n) is 7.00. The zero-order valence-electron chi connectivity index (χ0n) is 15.6. The van der Waals surface area contributed by atoms with Crippen LogP contribution in [-0.4, -0.2) is 24.5 Å². The number of rotatable bonds is 5. The zero-order valence-corrected chi connectivity index (χ0v) is 16.4. The van der Waals surface area contributed by atoms with Gasteiger partial charge in [-0.25, -0.2) is 4.39 Å². The highest BCUT2D eigenvalue weighted by atomic mass is 32.1. The number of ether oxygens (including phenoxy) is 1. The number of aryl methyl sites for hydroxylation is 2. The molecule has 142 valence electrons. The van der Waals surface area contributed by atoms with Crippen LogP contribution in [-0.2, 0) is 19.3 Å². The van der Waals surface area contributed by atoms with Gasteiger partial charge in [0, 0.05) is 33.6 Å². The lowest BCUT2D eigenvalue weighted by atomic mass is 9.98. The van der Waals surface area contributed by atoms with Gasteiger partial charge in [0.1, 0.15) is 16.4 Å². The Labute approximate surface area is 161 Å². The third-order valence-corrected chi connectivity index (χ3v) is 6.55. The van der Waals surface area contributed by atoms with E-state index in [2.05, 4.69) is 10.3 Å². The molecule has 1 amide bonds. The molecule has 4 nitrogen and oxygen atoms in total. The summed E-state index contributed by atoms with van der Waals surface area (Å²) in [6.07, 6.45) is 4.99. The van der Waals surface area contributed by atoms with E-state index in [4.69, 9.17) is 4.74 Å². The maximum absolute atomic E-state index is 13.6. The van der Waals surface area contributed by atoms with Gasteiger partial charge in [0.05, 0.1) is 7.11 Å². The van der Waals surface area contributed by atoms with E-state index in [9.17, 15) is 9.18 Å². The van der Waals surface area contributed by atoms with Crippen LogP contribution in [0.5, 0.6) is 5.75 Å². The summed E-state index contributed by atoms with van der Waals surface area (Å²) in [7, 11) is 1.64. The lowest BCUT2D eigenvalue weighted by Crippen LogP contribution is -2.25. The van der Waals surface area contributed by atoms with Gasteiger partial charge in [-0.15, -0.1) is 11.3 Å². The van der Waals surface area contributed by atoms with Crippen LogP contribution < -0.4 is 10.1 Å². The highest BCUT2D eigenvalue weighted by molar-refractivity contribution is 7.14. The first-order valence-corrected chi connectivity index (χ1v) is 10.1. The predicted octanol–water partition coefficient (Wildman–Crippen LogP) is 4.54. The monoisotopic (exact) mass is 386 g/mol. The number of carbonyl (C=O) groups excluding carboxylic acids is 1. The lowest BCUT2D eigenvalue weighted by molar-refractivity contribution is 0.0955. The molecule has 27 heavy (non-hydrogen) atoms. The first-order chi connectivity index (χ1) is 13.1. The molecule has 6 heteroatoms. The number of hydrogen-bond acceptors (Lipinski definition) is 3. The molecule has 1 aliphatic carbocycles. The van der Waals surface area contributed by atoms with E-state index in [1.54, 1.807) is 30.6 Å². The van der Waals surface area contributed by atoms with Crippen LogP contribution >= 0.6 is 11.3 Å². The zero-order chi connectivity index (χ0) is 19.0. The van der Waals surface area contributed by atoms with Gasteiger partial charge in [0.25, 0.3) is 5.91 Å². The van der Waals surface area contributed by atoms with Crippen molar-refractivity contribution in [2.45, 2.75) is 39.0 Å². The number of benzene rings is 1. The second-order valence-corrected chi connectivity index (χ2v) is 8.10. The van der Waals surface area contributed by atoms with Crippen LogP contribution in [0.3, 0.4) is 0 Å². The number of H-pyrrole nitrogens is 1. The van der Waals surface area contributed by atoms with Gasteiger partial charge in [-0.3, -0.25) is 4.79 Å². The van der Waals surface area contributed by atoms with Gasteiger partial charge in [0.15, 0.2) is 0 Å². The van der Waals surface area contributed by atoms with Gasteiger partial charge in [-0.05, 0) is 62.8 Å². The fourth-order valence-corrected chi connectivity index (χ4v) is 5.24. The SMILES string of the molecule is COc1c(C(=O)NCCc2c(C)[nH]c3ccc(F)cc23)sc2c1CCCC2. The molecule has 4 rings (SSSR count). The van der Waals surface area contributed by atoms with E-state index in [-0.39, 0.29) is 11.7 Å². The Bertz CT molecular complexity index is 1010. The van der Waals surface area contributed by atoms with Crippen molar-refractivity contribution in [1.29, 1.82) is 0 Å². The van der Waals surface area contributed by atoms with E-state index in [0.29, 0.717) is 17.8 Å². The Morgan fingerprint density at radius 3 is 2.96 bits per heavy atom. The Morgan fingerprint density at radius 1 is 1.33 bits per heavy atom. The minimum Gasteiger partial charge on any atom is -0.495 e. The molecule has 1 aliphatic rings. The van der Waals surface area contributed by atoms with Crippen LogP contribution in [0.2, 0.25) is 0 Å². The number of carbonyl (C=O) groups is 1. The molecule has 0 atom stereocenters. The molecule has 0 spiro atoms. The van der Waals surface area contributed by atoms with Crippen molar-refractivity contribution in [2.75, 3.05) is 13.7 Å². The quantitative estimate of drug-likeness (QED) is 0.677. The fraction of sp³-hybridized carbons (Fsp3) is 0.381. The van der Waals surface area contributed by atoms with Gasteiger partial charge in [0.2, 0.25) is 0 Å². The molecular weight excluding hydrogens is 363 g/mol. The molecule has 0 unspecified atom stereocenters. The molecular formula is C21H23FN2O2S. The number of aromatic amines is 1. The summed E-state index contributed by atoms with van der Waals surface area (Å²) in [4.78, 5) is 18.0. The Kier molecular flexibility index (Phi) is 4.91. The Hall–Kier alpha value is -2.34. The summed E-state index contributed by atoms with van der Waals surface area (Å²) in [6, 6.07) is 4.75. The van der Waals surface area contributed by atoms with E-state index in [0.717, 1.165) is 47.2 Å². The average molecular weight is 386 g/mol. The number of fused-ring (bicyclic) bond motifs is 2. The topological polar surface area (TPSA) is 54.1 Å². The molecule has 0 bridgehead atoms. The van der Waals surface area contributed by atoms with Crippen LogP contribution in [0.15, 0.2) is 18.2 Å². The summed E-state index contributed by atoms with van der Waals surface area (Å²) >= 11 is 1.56. The molecule has 3 aromatic rings. The van der Waals surface area contributed by atoms with Crippen molar-refractivity contribution in [1.82, 2.24) is 10.3 Å². The van der Waals surface area contributed by atoms with Crippen LogP contribution in [0, 0.1) is 12.7 Å². The lowest BCUT2D eigenvalue weighted by Gasteiger charge is -2.11. The molecule has 0 fully saturated rings. The number of hydrogen-bond donors (Lipinski definition) is 2. The highest BCUT2D eigenvalue weighted by Gasteiger charge is 2.25. The van der Waals surface area contributed by atoms with Gasteiger partial charge < -0.3 is 15.0 Å². The van der Waals surface area contributed by atoms with Crippen molar-refractivity contribution in [2.24, 2.45) is 0 Å². The molecule has 1 aromatic carbocycles. The van der Waals surface area contributed by atoms with Crippen molar-refractivity contribution < 1.29 is 13.9 Å². The van der Waals surface area contributed by atoms with Crippen LogP contribution in [0.4, 0.5) is 4.39 Å². The molecule has 0 aliphatic heterocycles. The van der Waals surface area contributed by atoms with Gasteiger partial charge in [-0.1, -0.05) is 0 Å². The molecule has 2 aromatic heterocycles. The maximum Gasteiger partial charge on any atom is 0.265 e. The van der Waals surface area contributed by atoms with Crippen molar-refractivity contribution in [3.8, 4) is 5.75 Å². The number of halogens is 1. The highest BCUT2D eigenvalue weighted by Crippen LogP contribution is 2.39. The van der Waals surface area contributed by atoms with E-state index in [1.807, 2.05) is 6.92 Å². The predicted molar refractivity (Wildman–Crippen MR) is 107 cm³/mol. The third kappa shape index (κ3) is 3.34. The minimum absolute atomic E-state index is 0.0880.